The lowest BCUT2D eigenvalue weighted by Crippen LogP contribution is -2.49. The van der Waals surface area contributed by atoms with Crippen molar-refractivity contribution < 1.29 is 22.7 Å². The average molecular weight is 438 g/mol. The lowest BCUT2D eigenvalue weighted by molar-refractivity contribution is -0.0300. The van der Waals surface area contributed by atoms with Gasteiger partial charge in [-0.2, -0.15) is 0 Å². The number of carbonyl (C=O) groups excluding carboxylic acids is 1. The molecule has 30 heavy (non-hydrogen) atoms. The van der Waals surface area contributed by atoms with Crippen LogP contribution >= 0.6 is 0 Å². The summed E-state index contributed by atoms with van der Waals surface area (Å²) in [5.74, 6) is 1.45. The number of hydrogen-bond donors (Lipinski definition) is 0. The molecule has 0 bridgehead atoms. The third-order valence-corrected chi connectivity index (χ3v) is 7.32. The van der Waals surface area contributed by atoms with E-state index in [1.807, 2.05) is 25.7 Å². The highest BCUT2D eigenvalue weighted by Crippen LogP contribution is 2.54. The van der Waals surface area contributed by atoms with Crippen molar-refractivity contribution in [3.8, 4) is 5.75 Å². The van der Waals surface area contributed by atoms with E-state index in [0.29, 0.717) is 22.7 Å². The monoisotopic (exact) mass is 437 g/mol. The molecule has 6 nitrogen and oxygen atoms in total. The fraction of sp³-hybridized carbons (Fsp3) is 0.696. The summed E-state index contributed by atoms with van der Waals surface area (Å²) in [6.45, 7) is 7.96. The first-order valence-corrected chi connectivity index (χ1v) is 12.8. The summed E-state index contributed by atoms with van der Waals surface area (Å²) in [6, 6.07) is 6.61. The van der Waals surface area contributed by atoms with Crippen LogP contribution in [0, 0.1) is 11.3 Å². The molecule has 1 aliphatic carbocycles. The van der Waals surface area contributed by atoms with E-state index in [1.54, 1.807) is 24.3 Å². The van der Waals surface area contributed by atoms with Gasteiger partial charge < -0.3 is 14.4 Å². The maximum atomic E-state index is 12.2. The Morgan fingerprint density at radius 3 is 2.27 bits per heavy atom. The molecule has 1 spiro atoms. The Kier molecular flexibility index (Phi) is 6.70. The number of carbonyl (C=O) groups is 1. The molecule has 1 amide bonds. The molecule has 168 valence electrons. The molecule has 1 heterocycles. The van der Waals surface area contributed by atoms with E-state index >= 15 is 0 Å². The van der Waals surface area contributed by atoms with Crippen LogP contribution in [0.15, 0.2) is 29.2 Å². The number of sulfone groups is 1. The average Bonchev–Trinajstić information content (AvgIpc) is 2.62. The van der Waals surface area contributed by atoms with Crippen LogP contribution in [0.25, 0.3) is 0 Å². The largest absolute Gasteiger partial charge is 0.494 e. The summed E-state index contributed by atoms with van der Waals surface area (Å²) in [6.07, 6.45) is 7.82. The first-order valence-electron chi connectivity index (χ1n) is 10.9. The molecule has 0 radical (unpaired) electrons. The molecular weight excluding hydrogens is 402 g/mol. The second-order valence-electron chi connectivity index (χ2n) is 9.98. The summed E-state index contributed by atoms with van der Waals surface area (Å²) in [5.41, 5.74) is -0.0168. The highest BCUT2D eigenvalue weighted by molar-refractivity contribution is 7.90. The van der Waals surface area contributed by atoms with Gasteiger partial charge in [-0.15, -0.1) is 0 Å². The molecule has 7 heteroatoms. The van der Waals surface area contributed by atoms with E-state index in [2.05, 4.69) is 0 Å². The van der Waals surface area contributed by atoms with Crippen molar-refractivity contribution in [2.45, 2.75) is 69.8 Å². The molecule has 1 saturated heterocycles. The van der Waals surface area contributed by atoms with Gasteiger partial charge in [0.05, 0.1) is 11.5 Å². The first kappa shape index (κ1) is 22.9. The Hall–Kier alpha value is -1.76. The van der Waals surface area contributed by atoms with Crippen LogP contribution in [-0.4, -0.2) is 51.0 Å². The standard InChI is InChI=1S/C23H35NO5S/c1-22(2,3)29-21(25)24-13-11-23(12-14-24)16-18(17-23)6-5-15-28-19-7-9-20(10-8-19)30(4,26)27/h7-10,18H,5-6,11-17H2,1-4H3. The quantitative estimate of drug-likeness (QED) is 0.605. The Labute approximate surface area is 180 Å². The van der Waals surface area contributed by atoms with Gasteiger partial charge in [0.1, 0.15) is 11.4 Å². The second-order valence-corrected chi connectivity index (χ2v) is 12.0. The van der Waals surface area contributed by atoms with Gasteiger partial charge in [0.2, 0.25) is 0 Å². The summed E-state index contributed by atoms with van der Waals surface area (Å²) in [7, 11) is -3.17. The molecule has 1 saturated carbocycles. The number of likely N-dealkylation sites (tertiary alicyclic amines) is 1. The Morgan fingerprint density at radius 1 is 1.13 bits per heavy atom. The smallest absolute Gasteiger partial charge is 0.410 e. The molecule has 2 aliphatic rings. The fourth-order valence-corrected chi connectivity index (χ4v) is 5.24. The minimum Gasteiger partial charge on any atom is -0.494 e. The maximum Gasteiger partial charge on any atom is 0.410 e. The lowest BCUT2D eigenvalue weighted by Gasteiger charge is -2.52. The van der Waals surface area contributed by atoms with Crippen LogP contribution in [0.5, 0.6) is 5.75 Å². The molecule has 0 N–H and O–H groups in total. The molecule has 0 atom stereocenters. The van der Waals surface area contributed by atoms with Crippen molar-refractivity contribution in [2.24, 2.45) is 11.3 Å². The highest BCUT2D eigenvalue weighted by Gasteiger charge is 2.46. The predicted molar refractivity (Wildman–Crippen MR) is 116 cm³/mol. The Balaban J connectivity index is 1.32. The van der Waals surface area contributed by atoms with Gasteiger partial charge in [-0.25, -0.2) is 13.2 Å². The van der Waals surface area contributed by atoms with Crippen molar-refractivity contribution in [1.29, 1.82) is 0 Å². The molecular formula is C23H35NO5S. The summed E-state index contributed by atoms with van der Waals surface area (Å²) < 4.78 is 34.2. The Morgan fingerprint density at radius 2 is 1.73 bits per heavy atom. The van der Waals surface area contributed by atoms with E-state index in [9.17, 15) is 13.2 Å². The zero-order valence-corrected chi connectivity index (χ0v) is 19.5. The van der Waals surface area contributed by atoms with Gasteiger partial charge in [-0.3, -0.25) is 0 Å². The van der Waals surface area contributed by atoms with Crippen molar-refractivity contribution in [3.05, 3.63) is 24.3 Å². The molecule has 0 aromatic heterocycles. The number of amides is 1. The molecule has 1 aromatic rings. The lowest BCUT2D eigenvalue weighted by atomic mass is 9.56. The van der Waals surface area contributed by atoms with E-state index in [1.165, 1.54) is 19.1 Å². The van der Waals surface area contributed by atoms with E-state index in [0.717, 1.165) is 44.7 Å². The van der Waals surface area contributed by atoms with E-state index < -0.39 is 15.4 Å². The summed E-state index contributed by atoms with van der Waals surface area (Å²) >= 11 is 0. The van der Waals surface area contributed by atoms with Gasteiger partial charge in [0.25, 0.3) is 0 Å². The molecule has 2 fully saturated rings. The summed E-state index contributed by atoms with van der Waals surface area (Å²) in [4.78, 5) is 14.4. The minimum atomic E-state index is -3.17. The van der Waals surface area contributed by atoms with E-state index in [-0.39, 0.29) is 6.09 Å². The number of rotatable bonds is 6. The molecule has 1 aliphatic heterocycles. The second kappa shape index (κ2) is 8.77. The SMILES string of the molecule is CC(C)(C)OC(=O)N1CCC2(CC1)CC(CCCOc1ccc(S(C)(=O)=O)cc1)C2. The third kappa shape index (κ3) is 6.13. The van der Waals surface area contributed by atoms with Crippen LogP contribution < -0.4 is 4.74 Å². The number of ether oxygens (including phenoxy) is 2. The van der Waals surface area contributed by atoms with Gasteiger partial charge >= 0.3 is 6.09 Å². The normalized spacial score (nSPS) is 19.4. The van der Waals surface area contributed by atoms with Crippen molar-refractivity contribution in [1.82, 2.24) is 4.90 Å². The molecule has 0 unspecified atom stereocenters. The zero-order valence-electron chi connectivity index (χ0n) is 18.6. The van der Waals surface area contributed by atoms with Crippen LogP contribution in [-0.2, 0) is 14.6 Å². The first-order chi connectivity index (χ1) is 14.0. The van der Waals surface area contributed by atoms with Crippen LogP contribution in [0.3, 0.4) is 0 Å². The van der Waals surface area contributed by atoms with Crippen LogP contribution in [0.2, 0.25) is 0 Å². The number of nitrogens with zero attached hydrogens (tertiary/aromatic N) is 1. The third-order valence-electron chi connectivity index (χ3n) is 6.20. The predicted octanol–water partition coefficient (Wildman–Crippen LogP) is 4.68. The van der Waals surface area contributed by atoms with Crippen LogP contribution in [0.4, 0.5) is 4.79 Å². The molecule has 1 aromatic carbocycles. The minimum absolute atomic E-state index is 0.185. The summed E-state index contributed by atoms with van der Waals surface area (Å²) in [5, 5.41) is 0. The van der Waals surface area contributed by atoms with Gasteiger partial charge in [0, 0.05) is 19.3 Å². The van der Waals surface area contributed by atoms with E-state index in [4.69, 9.17) is 9.47 Å². The maximum absolute atomic E-state index is 12.2. The van der Waals surface area contributed by atoms with Crippen LogP contribution in [0.1, 0.15) is 59.3 Å². The van der Waals surface area contributed by atoms with Gasteiger partial charge in [-0.05, 0) is 94.9 Å². The fourth-order valence-electron chi connectivity index (χ4n) is 4.61. The number of benzene rings is 1. The van der Waals surface area contributed by atoms with Crippen molar-refractivity contribution >= 4 is 15.9 Å². The highest BCUT2D eigenvalue weighted by atomic mass is 32.2. The zero-order chi connectivity index (χ0) is 22.0. The van der Waals surface area contributed by atoms with Crippen molar-refractivity contribution in [3.63, 3.8) is 0 Å². The van der Waals surface area contributed by atoms with Gasteiger partial charge in [-0.1, -0.05) is 0 Å². The number of piperidine rings is 1. The number of hydrogen-bond acceptors (Lipinski definition) is 5. The molecule has 3 rings (SSSR count). The topological polar surface area (TPSA) is 72.9 Å². The van der Waals surface area contributed by atoms with Gasteiger partial charge in [0.15, 0.2) is 9.84 Å². The Bertz CT molecular complexity index is 825. The van der Waals surface area contributed by atoms with Crippen molar-refractivity contribution in [2.75, 3.05) is 26.0 Å².